The molecule has 3 N–H and O–H groups in total. The smallest absolute Gasteiger partial charge is 0.251 e. The number of amides is 1. The van der Waals surface area contributed by atoms with Crippen LogP contribution in [0.15, 0.2) is 72.8 Å². The van der Waals surface area contributed by atoms with Crippen molar-refractivity contribution >= 4 is 11.7 Å². The zero-order valence-corrected chi connectivity index (χ0v) is 23.9. The lowest BCUT2D eigenvalue weighted by Crippen LogP contribution is -2.48. The molecule has 0 aromatic heterocycles. The minimum Gasteiger partial charge on any atom is -0.390 e. The molecule has 0 bridgehead atoms. The van der Waals surface area contributed by atoms with Crippen LogP contribution < -0.4 is 10.6 Å². The second kappa shape index (κ2) is 15.3. The van der Waals surface area contributed by atoms with Crippen LogP contribution in [0.1, 0.15) is 83.0 Å². The molecule has 0 fully saturated rings. The largest absolute Gasteiger partial charge is 0.390 e. The molecule has 3 aromatic carbocycles. The maximum Gasteiger partial charge on any atom is 0.251 e. The van der Waals surface area contributed by atoms with Crippen LogP contribution in [0.2, 0.25) is 0 Å². The maximum atomic E-state index is 13.5. The van der Waals surface area contributed by atoms with Gasteiger partial charge < -0.3 is 15.7 Å². The van der Waals surface area contributed by atoms with Crippen molar-refractivity contribution in [1.82, 2.24) is 10.6 Å². The van der Waals surface area contributed by atoms with Gasteiger partial charge >= 0.3 is 0 Å². The molecule has 39 heavy (non-hydrogen) atoms. The van der Waals surface area contributed by atoms with Crippen LogP contribution in [-0.4, -0.2) is 35.5 Å². The van der Waals surface area contributed by atoms with Crippen molar-refractivity contribution in [2.75, 3.05) is 6.54 Å². The molecule has 0 saturated heterocycles. The summed E-state index contributed by atoms with van der Waals surface area (Å²) in [6.07, 6.45) is 3.23. The van der Waals surface area contributed by atoms with Crippen molar-refractivity contribution in [2.45, 2.75) is 78.5 Å². The summed E-state index contributed by atoms with van der Waals surface area (Å²) in [5.74, 6) is -0.231. The van der Waals surface area contributed by atoms with Gasteiger partial charge in [-0.05, 0) is 73.1 Å². The first-order chi connectivity index (χ1) is 18.8. The molecule has 0 spiro atoms. The number of carbonyl (C=O) groups is 2. The fourth-order valence-electron chi connectivity index (χ4n) is 5.03. The first-order valence-corrected chi connectivity index (χ1v) is 14.3. The maximum absolute atomic E-state index is 13.5. The van der Waals surface area contributed by atoms with Crippen LogP contribution in [0.4, 0.5) is 0 Å². The molecule has 3 aromatic rings. The van der Waals surface area contributed by atoms with Gasteiger partial charge in [-0.25, -0.2) is 0 Å². The fraction of sp³-hybridized carbons (Fsp3) is 0.412. The third-order valence-corrected chi connectivity index (χ3v) is 7.29. The minimum absolute atomic E-state index is 0.0375. The fourth-order valence-corrected chi connectivity index (χ4v) is 5.03. The van der Waals surface area contributed by atoms with E-state index in [0.29, 0.717) is 30.6 Å². The van der Waals surface area contributed by atoms with E-state index in [9.17, 15) is 14.7 Å². The first kappa shape index (κ1) is 30.3. The number of aliphatic hydroxyl groups excluding tert-OH is 1. The molecule has 0 aliphatic rings. The molecule has 1 amide bonds. The van der Waals surface area contributed by atoms with E-state index in [-0.39, 0.29) is 17.6 Å². The van der Waals surface area contributed by atoms with Gasteiger partial charge in [0.25, 0.3) is 5.91 Å². The standard InChI is InChI=1S/C34H44N2O3/c1-5-12-28(7-3)33(38)29-17-24(4)18-30(21-29)34(39)36-31(20-26-13-9-8-10-14-26)32(37)23-35-22-27-16-11-15-25(6-2)19-27/h8-11,13-19,21,28,31-32,35,37H,5-7,12,20,22-23H2,1-4H3,(H,36,39)/t28?,31-,32-/m0/s1. The number of ketones is 1. The van der Waals surface area contributed by atoms with Crippen molar-refractivity contribution in [1.29, 1.82) is 0 Å². The molecule has 1 unspecified atom stereocenters. The average molecular weight is 529 g/mol. The number of carbonyl (C=O) groups excluding carboxylic acids is 2. The molecular formula is C34H44N2O3. The predicted octanol–water partition coefficient (Wildman–Crippen LogP) is 6.06. The summed E-state index contributed by atoms with van der Waals surface area (Å²) in [4.78, 5) is 26.6. The van der Waals surface area contributed by atoms with Gasteiger partial charge in [-0.2, -0.15) is 0 Å². The van der Waals surface area contributed by atoms with Crippen molar-refractivity contribution in [3.05, 3.63) is 106 Å². The summed E-state index contributed by atoms with van der Waals surface area (Å²) in [5, 5.41) is 17.6. The molecule has 3 atom stereocenters. The van der Waals surface area contributed by atoms with E-state index in [1.54, 1.807) is 12.1 Å². The van der Waals surface area contributed by atoms with E-state index in [2.05, 4.69) is 48.7 Å². The Kier molecular flexibility index (Phi) is 11.9. The normalized spacial score (nSPS) is 13.5. The second-order valence-corrected chi connectivity index (χ2v) is 10.5. The predicted molar refractivity (Wildman–Crippen MR) is 159 cm³/mol. The molecule has 3 rings (SSSR count). The molecule has 0 radical (unpaired) electrons. The third kappa shape index (κ3) is 9.15. The molecule has 0 saturated carbocycles. The quantitative estimate of drug-likeness (QED) is 0.210. The van der Waals surface area contributed by atoms with Crippen molar-refractivity contribution < 1.29 is 14.7 Å². The Morgan fingerprint density at radius 1 is 0.846 bits per heavy atom. The van der Waals surface area contributed by atoms with Gasteiger partial charge in [0.05, 0.1) is 12.1 Å². The Hall–Kier alpha value is -3.28. The van der Waals surface area contributed by atoms with Crippen LogP contribution in [0.5, 0.6) is 0 Å². The molecule has 0 aliphatic heterocycles. The van der Waals surface area contributed by atoms with Crippen LogP contribution in [-0.2, 0) is 19.4 Å². The summed E-state index contributed by atoms with van der Waals surface area (Å²) >= 11 is 0. The van der Waals surface area contributed by atoms with Gasteiger partial charge in [-0.3, -0.25) is 9.59 Å². The number of aliphatic hydroxyl groups is 1. The number of benzene rings is 3. The van der Waals surface area contributed by atoms with E-state index in [4.69, 9.17) is 0 Å². The third-order valence-electron chi connectivity index (χ3n) is 7.29. The molecule has 208 valence electrons. The van der Waals surface area contributed by atoms with Crippen LogP contribution in [0.25, 0.3) is 0 Å². The first-order valence-electron chi connectivity index (χ1n) is 14.3. The monoisotopic (exact) mass is 528 g/mol. The Labute approximate surface area is 234 Å². The molecule has 0 heterocycles. The van der Waals surface area contributed by atoms with Gasteiger partial charge in [-0.15, -0.1) is 0 Å². The zero-order valence-electron chi connectivity index (χ0n) is 23.9. The van der Waals surface area contributed by atoms with Gasteiger partial charge in [0.15, 0.2) is 5.78 Å². The Bertz CT molecular complexity index is 1210. The number of Topliss-reactive ketones (excluding diaryl/α,β-unsaturated/α-hetero) is 1. The highest BCUT2D eigenvalue weighted by atomic mass is 16.3. The highest BCUT2D eigenvalue weighted by Gasteiger charge is 2.24. The van der Waals surface area contributed by atoms with Crippen LogP contribution in [0, 0.1) is 12.8 Å². The molecule has 5 nitrogen and oxygen atoms in total. The van der Waals surface area contributed by atoms with Crippen molar-refractivity contribution in [2.24, 2.45) is 5.92 Å². The van der Waals surface area contributed by atoms with Crippen LogP contribution >= 0.6 is 0 Å². The van der Waals surface area contributed by atoms with E-state index in [1.165, 1.54) is 5.56 Å². The minimum atomic E-state index is -0.802. The van der Waals surface area contributed by atoms with Crippen LogP contribution in [0.3, 0.4) is 0 Å². The topological polar surface area (TPSA) is 78.4 Å². The molecule has 0 aliphatic carbocycles. The Morgan fingerprint density at radius 3 is 2.23 bits per heavy atom. The lowest BCUT2D eigenvalue weighted by Gasteiger charge is -2.25. The summed E-state index contributed by atoms with van der Waals surface area (Å²) in [5.41, 5.74) is 5.36. The summed E-state index contributed by atoms with van der Waals surface area (Å²) in [6, 6.07) is 23.1. The summed E-state index contributed by atoms with van der Waals surface area (Å²) in [7, 11) is 0. The zero-order chi connectivity index (χ0) is 28.2. The number of aryl methyl sites for hydroxylation is 2. The van der Waals surface area contributed by atoms with E-state index in [0.717, 1.165) is 42.4 Å². The lowest BCUT2D eigenvalue weighted by atomic mass is 9.90. The highest BCUT2D eigenvalue weighted by Crippen LogP contribution is 2.20. The van der Waals surface area contributed by atoms with Gasteiger partial charge in [0.1, 0.15) is 0 Å². The average Bonchev–Trinajstić information content (AvgIpc) is 2.95. The number of nitrogens with one attached hydrogen (secondary N) is 2. The number of hydrogen-bond donors (Lipinski definition) is 3. The lowest BCUT2D eigenvalue weighted by molar-refractivity contribution is 0.0830. The van der Waals surface area contributed by atoms with E-state index >= 15 is 0 Å². The Balaban J connectivity index is 1.74. The van der Waals surface area contributed by atoms with Gasteiger partial charge in [0.2, 0.25) is 0 Å². The highest BCUT2D eigenvalue weighted by molar-refractivity contribution is 6.02. The van der Waals surface area contributed by atoms with Gasteiger partial charge in [0, 0.05) is 30.1 Å². The van der Waals surface area contributed by atoms with E-state index in [1.807, 2.05) is 50.2 Å². The summed E-state index contributed by atoms with van der Waals surface area (Å²) in [6.45, 7) is 9.12. The van der Waals surface area contributed by atoms with Crippen molar-refractivity contribution in [3.8, 4) is 0 Å². The number of rotatable bonds is 15. The van der Waals surface area contributed by atoms with E-state index < -0.39 is 12.1 Å². The molecule has 5 heteroatoms. The van der Waals surface area contributed by atoms with Crippen molar-refractivity contribution in [3.63, 3.8) is 0 Å². The summed E-state index contributed by atoms with van der Waals surface area (Å²) < 4.78 is 0. The Morgan fingerprint density at radius 2 is 1.54 bits per heavy atom. The number of hydrogen-bond acceptors (Lipinski definition) is 4. The van der Waals surface area contributed by atoms with Gasteiger partial charge in [-0.1, -0.05) is 81.8 Å². The molecular weight excluding hydrogens is 484 g/mol. The second-order valence-electron chi connectivity index (χ2n) is 10.5. The SMILES string of the molecule is CCCC(CC)C(=O)c1cc(C)cc(C(=O)N[C@@H](Cc2ccccc2)[C@@H](O)CNCc2cccc(CC)c2)c1.